The highest BCUT2D eigenvalue weighted by Crippen LogP contribution is 2.09. The fourth-order valence-electron chi connectivity index (χ4n) is 0.924. The van der Waals surface area contributed by atoms with E-state index in [0.29, 0.717) is 12.1 Å². The quantitative estimate of drug-likeness (QED) is 0.730. The minimum atomic E-state index is -1.04. The number of rotatable bonds is 3. The van der Waals surface area contributed by atoms with Crippen LogP contribution in [0.4, 0.5) is 0 Å². The number of halogens is 1. The van der Waals surface area contributed by atoms with E-state index in [0.717, 1.165) is 0 Å². The van der Waals surface area contributed by atoms with Gasteiger partial charge in [-0.25, -0.2) is 4.98 Å². The molecule has 1 heterocycles. The van der Waals surface area contributed by atoms with Gasteiger partial charge in [0.15, 0.2) is 5.69 Å². The van der Waals surface area contributed by atoms with Gasteiger partial charge < -0.3 is 9.68 Å². The highest BCUT2D eigenvalue weighted by atomic mass is 35.5. The third-order valence-electron chi connectivity index (χ3n) is 1.58. The molecule has 0 aliphatic carbocycles. The summed E-state index contributed by atoms with van der Waals surface area (Å²) in [4.78, 5) is 3.77. The molecule has 0 unspecified atom stereocenters. The van der Waals surface area contributed by atoms with Gasteiger partial charge in [0.25, 0.3) is 0 Å². The molecule has 0 amide bonds. The van der Waals surface area contributed by atoms with Crippen LogP contribution in [0.1, 0.15) is 12.6 Å². The van der Waals surface area contributed by atoms with E-state index in [1.807, 2.05) is 6.07 Å². The maximum absolute atomic E-state index is 9.40. The maximum atomic E-state index is 9.40. The van der Waals surface area contributed by atoms with Crippen molar-refractivity contribution >= 4 is 24.2 Å². The molecule has 1 rings (SSSR count). The topological polar surface area (TPSA) is 66.1 Å². The zero-order chi connectivity index (χ0) is 10.6. The van der Waals surface area contributed by atoms with Crippen LogP contribution < -0.4 is 5.46 Å². The summed E-state index contributed by atoms with van der Waals surface area (Å²) < 4.78 is 4.93. The lowest BCUT2D eigenvalue weighted by Crippen LogP contribution is -2.34. The molecule has 0 aliphatic rings. The van der Waals surface area contributed by atoms with Gasteiger partial charge in [0.1, 0.15) is 6.07 Å². The highest BCUT2D eigenvalue weighted by Gasteiger charge is 2.17. The molecule has 0 atom stereocenters. The summed E-state index contributed by atoms with van der Waals surface area (Å²) in [5.41, 5.74) is 0.579. The molecule has 0 radical (unpaired) electrons. The van der Waals surface area contributed by atoms with E-state index in [1.54, 1.807) is 6.92 Å². The number of nitriles is 1. The van der Waals surface area contributed by atoms with Gasteiger partial charge in [0.2, 0.25) is 0 Å². The number of hydrogen-bond acceptors (Lipinski definition) is 4. The molecule has 0 fully saturated rings. The molecular weight excluding hydrogens is 202 g/mol. The Morgan fingerprint density at radius 1 is 1.79 bits per heavy atom. The van der Waals surface area contributed by atoms with Crippen molar-refractivity contribution in [2.75, 3.05) is 6.61 Å². The third-order valence-corrected chi connectivity index (χ3v) is 1.87. The lowest BCUT2D eigenvalue weighted by atomic mass is 9.81. The molecule has 0 aliphatic heterocycles. The van der Waals surface area contributed by atoms with Gasteiger partial charge in [-0.2, -0.15) is 5.26 Å². The van der Waals surface area contributed by atoms with E-state index in [-0.39, 0.29) is 10.7 Å². The summed E-state index contributed by atoms with van der Waals surface area (Å²) in [5, 5.41) is 18.2. The smallest absolute Gasteiger partial charge is 0.423 e. The fraction of sp³-hybridized carbons (Fsp3) is 0.250. The van der Waals surface area contributed by atoms with Crippen LogP contribution >= 0.6 is 11.6 Å². The Kier molecular flexibility index (Phi) is 3.90. The van der Waals surface area contributed by atoms with Crippen LogP contribution in [0.3, 0.4) is 0 Å². The minimum Gasteiger partial charge on any atom is -0.423 e. The molecule has 72 valence electrons. The van der Waals surface area contributed by atoms with Gasteiger partial charge >= 0.3 is 7.12 Å². The first kappa shape index (κ1) is 11.0. The minimum absolute atomic E-state index is 0.138. The van der Waals surface area contributed by atoms with Crippen LogP contribution in [0.15, 0.2) is 12.3 Å². The fourth-order valence-corrected chi connectivity index (χ4v) is 1.14. The van der Waals surface area contributed by atoms with Crippen LogP contribution in [0.25, 0.3) is 0 Å². The zero-order valence-corrected chi connectivity index (χ0v) is 8.32. The zero-order valence-electron chi connectivity index (χ0n) is 7.57. The summed E-state index contributed by atoms with van der Waals surface area (Å²) >= 11 is 5.72. The molecule has 0 spiro atoms. The predicted octanol–water partition coefficient (Wildman–Crippen LogP) is 0.331. The third kappa shape index (κ3) is 2.45. The Balaban J connectivity index is 2.92. The maximum Gasteiger partial charge on any atom is 0.492 e. The van der Waals surface area contributed by atoms with Crippen LogP contribution in [0, 0.1) is 11.3 Å². The SMILES string of the molecule is CCOB(O)c1cnc(C#N)c(Cl)c1. The standard InChI is InChI=1S/C8H8BClN2O2/c1-2-14-9(13)6-3-7(10)8(4-11)12-5-6/h3,5,13H,2H2,1H3. The van der Waals surface area contributed by atoms with Crippen molar-refractivity contribution in [2.45, 2.75) is 6.92 Å². The molecule has 1 N–H and O–H groups in total. The van der Waals surface area contributed by atoms with Crippen molar-refractivity contribution in [3.05, 3.63) is 23.0 Å². The number of hydrogen-bond donors (Lipinski definition) is 1. The average molecular weight is 210 g/mol. The van der Waals surface area contributed by atoms with Gasteiger partial charge in [-0.05, 0) is 13.0 Å². The Hall–Kier alpha value is -1.09. The second-order valence-corrected chi connectivity index (χ2v) is 2.93. The molecule has 14 heavy (non-hydrogen) atoms. The Morgan fingerprint density at radius 3 is 3.00 bits per heavy atom. The second-order valence-electron chi connectivity index (χ2n) is 2.52. The van der Waals surface area contributed by atoms with Crippen molar-refractivity contribution < 1.29 is 9.68 Å². The predicted molar refractivity (Wildman–Crippen MR) is 53.2 cm³/mol. The van der Waals surface area contributed by atoms with Crippen LogP contribution in [0.5, 0.6) is 0 Å². The lowest BCUT2D eigenvalue weighted by Gasteiger charge is -2.05. The summed E-state index contributed by atoms with van der Waals surface area (Å²) in [5.74, 6) is 0. The molecule has 0 aromatic carbocycles. The van der Waals surface area contributed by atoms with E-state index in [9.17, 15) is 5.02 Å². The highest BCUT2D eigenvalue weighted by molar-refractivity contribution is 6.60. The summed E-state index contributed by atoms with van der Waals surface area (Å²) in [6.45, 7) is 2.15. The Morgan fingerprint density at radius 2 is 2.50 bits per heavy atom. The second kappa shape index (κ2) is 4.96. The van der Waals surface area contributed by atoms with Crippen molar-refractivity contribution in [1.29, 1.82) is 5.26 Å². The van der Waals surface area contributed by atoms with Crippen molar-refractivity contribution in [2.24, 2.45) is 0 Å². The van der Waals surface area contributed by atoms with Crippen molar-refractivity contribution in [3.63, 3.8) is 0 Å². The van der Waals surface area contributed by atoms with E-state index >= 15 is 0 Å². The Bertz CT molecular complexity index is 367. The van der Waals surface area contributed by atoms with E-state index in [1.165, 1.54) is 12.3 Å². The summed E-state index contributed by atoms with van der Waals surface area (Å²) in [6, 6.07) is 3.29. The van der Waals surface area contributed by atoms with Gasteiger partial charge in [-0.1, -0.05) is 11.6 Å². The first-order valence-electron chi connectivity index (χ1n) is 4.04. The van der Waals surface area contributed by atoms with Gasteiger partial charge in [0, 0.05) is 18.3 Å². The molecule has 4 nitrogen and oxygen atoms in total. The van der Waals surface area contributed by atoms with E-state index in [4.69, 9.17) is 21.5 Å². The first-order chi connectivity index (χ1) is 6.69. The monoisotopic (exact) mass is 210 g/mol. The summed E-state index contributed by atoms with van der Waals surface area (Å²) in [6.07, 6.45) is 1.37. The van der Waals surface area contributed by atoms with Crippen LogP contribution in [-0.4, -0.2) is 23.7 Å². The molecule has 6 heteroatoms. The van der Waals surface area contributed by atoms with Gasteiger partial charge in [-0.3, -0.25) is 0 Å². The number of aromatic nitrogens is 1. The number of pyridine rings is 1. The van der Waals surface area contributed by atoms with Crippen LogP contribution in [-0.2, 0) is 4.65 Å². The molecule has 0 bridgehead atoms. The lowest BCUT2D eigenvalue weighted by molar-refractivity contribution is 0.287. The van der Waals surface area contributed by atoms with Crippen LogP contribution in [0.2, 0.25) is 5.02 Å². The van der Waals surface area contributed by atoms with Gasteiger partial charge in [0.05, 0.1) is 5.02 Å². The van der Waals surface area contributed by atoms with E-state index in [2.05, 4.69) is 4.98 Å². The first-order valence-corrected chi connectivity index (χ1v) is 4.42. The molecular formula is C8H8BClN2O2. The normalized spacial score (nSPS) is 9.57. The van der Waals surface area contributed by atoms with Gasteiger partial charge in [-0.15, -0.1) is 0 Å². The average Bonchev–Trinajstić information content (AvgIpc) is 2.18. The molecule has 0 saturated carbocycles. The number of nitrogens with zero attached hydrogens (tertiary/aromatic N) is 2. The molecule has 1 aromatic rings. The Labute approximate surface area is 87.2 Å². The molecule has 0 saturated heterocycles. The summed E-state index contributed by atoms with van der Waals surface area (Å²) in [7, 11) is -1.04. The van der Waals surface area contributed by atoms with Crippen molar-refractivity contribution in [1.82, 2.24) is 4.98 Å². The largest absolute Gasteiger partial charge is 0.492 e. The van der Waals surface area contributed by atoms with Crippen molar-refractivity contribution in [3.8, 4) is 6.07 Å². The van der Waals surface area contributed by atoms with E-state index < -0.39 is 7.12 Å². The molecule has 1 aromatic heterocycles.